The number of rotatable bonds is 5. The van der Waals surface area contributed by atoms with Gasteiger partial charge in [0.1, 0.15) is 0 Å². The van der Waals surface area contributed by atoms with E-state index in [9.17, 15) is 13.2 Å². The second-order valence-corrected chi connectivity index (χ2v) is 7.81. The normalized spacial score (nSPS) is 11.3. The molecule has 4 nitrogen and oxygen atoms in total. The van der Waals surface area contributed by atoms with Crippen molar-refractivity contribution >= 4 is 44.6 Å². The van der Waals surface area contributed by atoms with Crippen molar-refractivity contribution in [3.63, 3.8) is 0 Å². The molecule has 0 aliphatic heterocycles. The molecular weight excluding hydrogens is 357 g/mol. The molecule has 1 N–H and O–H groups in total. The van der Waals surface area contributed by atoms with Crippen LogP contribution in [0.4, 0.5) is 5.69 Å². The number of nitrogens with one attached hydrogen (secondary N) is 1. The minimum atomic E-state index is -3.52. The van der Waals surface area contributed by atoms with Gasteiger partial charge in [0.25, 0.3) is 5.91 Å². The van der Waals surface area contributed by atoms with Gasteiger partial charge in [-0.05, 0) is 36.8 Å². The van der Waals surface area contributed by atoms with E-state index in [0.717, 1.165) is 0 Å². The number of amides is 1. The molecule has 0 bridgehead atoms. The quantitative estimate of drug-likeness (QED) is 0.845. The number of carbonyl (C=O) groups is 1. The van der Waals surface area contributed by atoms with Gasteiger partial charge >= 0.3 is 0 Å². The first-order valence-corrected chi connectivity index (χ1v) is 9.34. The van der Waals surface area contributed by atoms with E-state index in [4.69, 9.17) is 23.2 Å². The van der Waals surface area contributed by atoms with Crippen LogP contribution in [0.3, 0.4) is 0 Å². The van der Waals surface area contributed by atoms with E-state index in [0.29, 0.717) is 22.2 Å². The largest absolute Gasteiger partial charge is 0.321 e. The zero-order valence-electron chi connectivity index (χ0n) is 12.3. The number of hydrogen-bond donors (Lipinski definition) is 1. The number of hydrogen-bond acceptors (Lipinski definition) is 3. The van der Waals surface area contributed by atoms with E-state index >= 15 is 0 Å². The Morgan fingerprint density at radius 3 is 2.52 bits per heavy atom. The molecule has 0 heterocycles. The van der Waals surface area contributed by atoms with Gasteiger partial charge in [0.15, 0.2) is 9.84 Å². The van der Waals surface area contributed by atoms with Gasteiger partial charge in [0, 0.05) is 5.02 Å². The van der Waals surface area contributed by atoms with Gasteiger partial charge in [-0.25, -0.2) is 8.42 Å². The Labute approximate surface area is 145 Å². The van der Waals surface area contributed by atoms with Crippen LogP contribution in [0, 0.1) is 0 Å². The van der Waals surface area contributed by atoms with Crippen molar-refractivity contribution in [3.05, 3.63) is 58.1 Å². The second kappa shape index (κ2) is 7.34. The summed E-state index contributed by atoms with van der Waals surface area (Å²) in [4.78, 5) is 12.5. The summed E-state index contributed by atoms with van der Waals surface area (Å²) in [5.41, 5.74) is 0.406. The maximum atomic E-state index is 12.5. The number of sulfone groups is 1. The van der Waals surface area contributed by atoms with E-state index < -0.39 is 15.7 Å². The van der Waals surface area contributed by atoms with Crippen molar-refractivity contribution in [1.82, 2.24) is 0 Å². The van der Waals surface area contributed by atoms with Gasteiger partial charge in [0.05, 0.1) is 26.9 Å². The van der Waals surface area contributed by atoms with Crippen molar-refractivity contribution in [2.75, 3.05) is 11.1 Å². The zero-order chi connectivity index (χ0) is 17.0. The maximum absolute atomic E-state index is 12.5. The van der Waals surface area contributed by atoms with Crippen LogP contribution in [0.25, 0.3) is 0 Å². The number of carbonyl (C=O) groups excluding carboxylic acids is 1. The van der Waals surface area contributed by atoms with Crippen LogP contribution in [0.5, 0.6) is 0 Å². The van der Waals surface area contributed by atoms with Crippen LogP contribution in [0.15, 0.2) is 47.4 Å². The second-order valence-electron chi connectivity index (χ2n) is 4.89. The summed E-state index contributed by atoms with van der Waals surface area (Å²) in [6.07, 6.45) is 0.471. The lowest BCUT2D eigenvalue weighted by atomic mass is 10.2. The molecule has 0 saturated carbocycles. The topological polar surface area (TPSA) is 63.2 Å². The summed E-state index contributed by atoms with van der Waals surface area (Å²) >= 11 is 11.9. The molecule has 7 heteroatoms. The predicted molar refractivity (Wildman–Crippen MR) is 93.2 cm³/mol. The molecule has 0 atom stereocenters. The zero-order valence-corrected chi connectivity index (χ0v) is 14.7. The van der Waals surface area contributed by atoms with E-state index in [1.807, 2.05) is 0 Å². The smallest absolute Gasteiger partial charge is 0.257 e. The standard InChI is InChI=1S/C16H15Cl2NO3S/c1-2-9-23(21,22)15-6-4-3-5-12(15)16(20)19-14-10-11(17)7-8-13(14)18/h3-8,10H,2,9H2,1H3,(H,19,20). The average molecular weight is 372 g/mol. The fraction of sp³-hybridized carbons (Fsp3) is 0.188. The highest BCUT2D eigenvalue weighted by Crippen LogP contribution is 2.27. The Hall–Kier alpha value is -1.56. The van der Waals surface area contributed by atoms with Gasteiger partial charge in [-0.3, -0.25) is 4.79 Å². The van der Waals surface area contributed by atoms with Crippen molar-refractivity contribution in [1.29, 1.82) is 0 Å². The minimum absolute atomic E-state index is 0.0116. The summed E-state index contributed by atoms with van der Waals surface area (Å²) in [7, 11) is -3.52. The molecule has 0 spiro atoms. The van der Waals surface area contributed by atoms with E-state index in [1.54, 1.807) is 31.2 Å². The molecule has 1 amide bonds. The highest BCUT2D eigenvalue weighted by atomic mass is 35.5. The molecule has 0 saturated heterocycles. The van der Waals surface area contributed by atoms with Crippen LogP contribution in [-0.4, -0.2) is 20.1 Å². The van der Waals surface area contributed by atoms with Crippen molar-refractivity contribution < 1.29 is 13.2 Å². The van der Waals surface area contributed by atoms with E-state index in [1.165, 1.54) is 18.2 Å². The molecule has 0 aliphatic carbocycles. The molecule has 0 fully saturated rings. The minimum Gasteiger partial charge on any atom is -0.321 e. The lowest BCUT2D eigenvalue weighted by Gasteiger charge is -2.11. The Morgan fingerprint density at radius 2 is 1.83 bits per heavy atom. The Balaban J connectivity index is 2.39. The van der Waals surface area contributed by atoms with Gasteiger partial charge in [0.2, 0.25) is 0 Å². The van der Waals surface area contributed by atoms with Crippen molar-refractivity contribution in [2.24, 2.45) is 0 Å². The number of anilines is 1. The van der Waals surface area contributed by atoms with Crippen LogP contribution < -0.4 is 5.32 Å². The third kappa shape index (κ3) is 4.25. The first-order valence-electron chi connectivity index (χ1n) is 6.93. The van der Waals surface area contributed by atoms with Crippen molar-refractivity contribution in [2.45, 2.75) is 18.2 Å². The summed E-state index contributed by atoms with van der Waals surface area (Å²) in [5.74, 6) is -0.570. The Kier molecular flexibility index (Phi) is 5.68. The van der Waals surface area contributed by atoms with Gasteiger partial charge in [-0.1, -0.05) is 42.3 Å². The lowest BCUT2D eigenvalue weighted by molar-refractivity contribution is 0.102. The number of benzene rings is 2. The van der Waals surface area contributed by atoms with Gasteiger partial charge in [-0.2, -0.15) is 0 Å². The first-order chi connectivity index (χ1) is 10.8. The molecular formula is C16H15Cl2NO3S. The summed E-state index contributed by atoms with van der Waals surface area (Å²) in [6, 6.07) is 10.8. The maximum Gasteiger partial charge on any atom is 0.257 e. The fourth-order valence-electron chi connectivity index (χ4n) is 2.09. The third-order valence-corrected chi connectivity index (χ3v) is 5.65. The van der Waals surface area contributed by atoms with Gasteiger partial charge in [-0.15, -0.1) is 0 Å². The van der Waals surface area contributed by atoms with Crippen LogP contribution >= 0.6 is 23.2 Å². The molecule has 2 rings (SSSR count). The average Bonchev–Trinajstić information content (AvgIpc) is 2.51. The summed E-state index contributed by atoms with van der Waals surface area (Å²) in [5, 5.41) is 3.33. The summed E-state index contributed by atoms with van der Waals surface area (Å²) in [6.45, 7) is 1.77. The highest BCUT2D eigenvalue weighted by molar-refractivity contribution is 7.91. The highest BCUT2D eigenvalue weighted by Gasteiger charge is 2.21. The molecule has 0 aliphatic rings. The predicted octanol–water partition coefficient (Wildman–Crippen LogP) is 4.43. The molecule has 2 aromatic rings. The monoisotopic (exact) mass is 371 g/mol. The summed E-state index contributed by atoms with van der Waals surface area (Å²) < 4.78 is 24.6. The van der Waals surface area contributed by atoms with Crippen molar-refractivity contribution in [3.8, 4) is 0 Å². The molecule has 23 heavy (non-hydrogen) atoms. The molecule has 0 radical (unpaired) electrons. The molecule has 0 unspecified atom stereocenters. The van der Waals surface area contributed by atoms with Crippen LogP contribution in [-0.2, 0) is 9.84 Å². The first kappa shape index (κ1) is 17.8. The van der Waals surface area contributed by atoms with E-state index in [-0.39, 0.29) is 16.2 Å². The molecule has 122 valence electrons. The Morgan fingerprint density at radius 1 is 1.13 bits per heavy atom. The Bertz CT molecular complexity index is 835. The lowest BCUT2D eigenvalue weighted by Crippen LogP contribution is -2.18. The SMILES string of the molecule is CCCS(=O)(=O)c1ccccc1C(=O)Nc1cc(Cl)ccc1Cl. The van der Waals surface area contributed by atoms with E-state index in [2.05, 4.69) is 5.32 Å². The van der Waals surface area contributed by atoms with Crippen LogP contribution in [0.1, 0.15) is 23.7 Å². The van der Waals surface area contributed by atoms with Gasteiger partial charge < -0.3 is 5.32 Å². The van der Waals surface area contributed by atoms with Crippen LogP contribution in [0.2, 0.25) is 10.0 Å². The third-order valence-electron chi connectivity index (χ3n) is 3.12. The number of halogens is 2. The fourth-order valence-corrected chi connectivity index (χ4v) is 3.96. The molecule has 0 aromatic heterocycles. The molecule has 2 aromatic carbocycles.